The van der Waals surface area contributed by atoms with Gasteiger partial charge in [-0.25, -0.2) is 0 Å². The minimum atomic E-state index is -0.415. The first kappa shape index (κ1) is 20.8. The average molecular weight is 413 g/mol. The number of carbonyl (C=O) groups is 2. The Morgan fingerprint density at radius 1 is 1.14 bits per heavy atom. The smallest absolute Gasteiger partial charge is 0.326 e. The molecule has 2 aromatic carbocycles. The molecule has 7 heteroatoms. The minimum Gasteiger partial charge on any atom is -0.484 e. The first-order valence-corrected chi connectivity index (χ1v) is 10.3. The fourth-order valence-corrected chi connectivity index (χ4v) is 3.92. The summed E-state index contributed by atoms with van der Waals surface area (Å²) in [4.78, 5) is 29.1. The Balaban J connectivity index is 1.93. The first-order valence-electron chi connectivity index (χ1n) is 9.52. The molecule has 0 aliphatic carbocycles. The molecule has 29 heavy (non-hydrogen) atoms. The Morgan fingerprint density at radius 3 is 2.59 bits per heavy atom. The third kappa shape index (κ3) is 5.32. The highest BCUT2D eigenvalue weighted by Gasteiger charge is 2.13. The summed E-state index contributed by atoms with van der Waals surface area (Å²) in [5.41, 5.74) is 2.04. The highest BCUT2D eigenvalue weighted by Crippen LogP contribution is 2.23. The number of para-hydroxylation sites is 1. The second kappa shape index (κ2) is 9.52. The van der Waals surface area contributed by atoms with Crippen LogP contribution in [0.5, 0.6) is 5.75 Å². The van der Waals surface area contributed by atoms with Crippen molar-refractivity contribution in [2.45, 2.75) is 33.2 Å². The molecule has 0 aliphatic rings. The van der Waals surface area contributed by atoms with Crippen LogP contribution in [0.25, 0.3) is 10.2 Å². The maximum absolute atomic E-state index is 12.4. The van der Waals surface area contributed by atoms with Gasteiger partial charge in [-0.1, -0.05) is 49.4 Å². The van der Waals surface area contributed by atoms with E-state index in [1.807, 2.05) is 30.3 Å². The number of hydrogen-bond acceptors (Lipinski definition) is 5. The molecule has 0 bridgehead atoms. The molecule has 0 saturated carbocycles. The normalized spacial score (nSPS) is 11.8. The Morgan fingerprint density at radius 2 is 1.90 bits per heavy atom. The molecule has 0 fully saturated rings. The van der Waals surface area contributed by atoms with Crippen LogP contribution in [0.3, 0.4) is 0 Å². The zero-order chi connectivity index (χ0) is 20.8. The van der Waals surface area contributed by atoms with Crippen LogP contribution in [0.15, 0.2) is 53.5 Å². The molecule has 0 radical (unpaired) electrons. The van der Waals surface area contributed by atoms with E-state index in [4.69, 9.17) is 9.47 Å². The number of fused-ring (bicyclic) bond motifs is 1. The molecule has 1 amide bonds. The summed E-state index contributed by atoms with van der Waals surface area (Å²) in [7, 11) is 0. The molecular weight excluding hydrogens is 388 g/mol. The molecule has 1 aromatic heterocycles. The number of esters is 1. The van der Waals surface area contributed by atoms with E-state index in [1.54, 1.807) is 23.6 Å². The van der Waals surface area contributed by atoms with Crippen molar-refractivity contribution >= 4 is 33.4 Å². The van der Waals surface area contributed by atoms with E-state index in [1.165, 1.54) is 16.9 Å². The van der Waals surface area contributed by atoms with Crippen molar-refractivity contribution in [1.82, 2.24) is 4.57 Å². The third-order valence-corrected chi connectivity index (χ3v) is 5.33. The zero-order valence-corrected chi connectivity index (χ0v) is 17.6. The van der Waals surface area contributed by atoms with Crippen LogP contribution in [-0.4, -0.2) is 29.7 Å². The van der Waals surface area contributed by atoms with E-state index >= 15 is 0 Å². The molecule has 152 valence electrons. The van der Waals surface area contributed by atoms with Crippen LogP contribution in [0.2, 0.25) is 0 Å². The summed E-state index contributed by atoms with van der Waals surface area (Å²) in [6.07, 6.45) is 0. The quantitative estimate of drug-likeness (QED) is 0.552. The van der Waals surface area contributed by atoms with Gasteiger partial charge in [-0.3, -0.25) is 9.59 Å². The van der Waals surface area contributed by atoms with Gasteiger partial charge in [0, 0.05) is 0 Å². The molecule has 6 nitrogen and oxygen atoms in total. The Labute approximate surface area is 173 Å². The number of thiazole rings is 1. The molecule has 3 aromatic rings. The van der Waals surface area contributed by atoms with Crippen molar-refractivity contribution in [2.24, 2.45) is 4.99 Å². The SMILES string of the molecule is CCOC(=O)Cn1c(=NC(=O)COc2ccccc2)sc2cc(C(C)C)ccc21. The zero-order valence-electron chi connectivity index (χ0n) is 16.8. The van der Waals surface area contributed by atoms with E-state index in [2.05, 4.69) is 24.9 Å². The summed E-state index contributed by atoms with van der Waals surface area (Å²) < 4.78 is 13.3. The predicted octanol–water partition coefficient (Wildman–Crippen LogP) is 3.90. The Hall–Kier alpha value is -2.93. The second-order valence-corrected chi connectivity index (χ2v) is 7.77. The molecule has 1 heterocycles. The topological polar surface area (TPSA) is 69.9 Å². The van der Waals surface area contributed by atoms with Gasteiger partial charge in [0.15, 0.2) is 11.4 Å². The summed E-state index contributed by atoms with van der Waals surface area (Å²) in [5, 5.41) is 0. The molecule has 3 rings (SSSR count). The van der Waals surface area contributed by atoms with Gasteiger partial charge in [0.05, 0.1) is 16.8 Å². The van der Waals surface area contributed by atoms with Crippen LogP contribution < -0.4 is 9.54 Å². The second-order valence-electron chi connectivity index (χ2n) is 6.76. The lowest BCUT2D eigenvalue weighted by Gasteiger charge is -2.07. The summed E-state index contributed by atoms with van der Waals surface area (Å²) >= 11 is 1.38. The van der Waals surface area contributed by atoms with Crippen molar-refractivity contribution in [3.8, 4) is 5.75 Å². The third-order valence-electron chi connectivity index (χ3n) is 4.29. The lowest BCUT2D eigenvalue weighted by atomic mass is 10.0. The predicted molar refractivity (Wildman–Crippen MR) is 113 cm³/mol. The minimum absolute atomic E-state index is 0.000517. The van der Waals surface area contributed by atoms with E-state index < -0.39 is 5.91 Å². The average Bonchev–Trinajstić information content (AvgIpc) is 3.03. The van der Waals surface area contributed by atoms with Crippen molar-refractivity contribution in [3.05, 3.63) is 58.9 Å². The van der Waals surface area contributed by atoms with Crippen molar-refractivity contribution in [3.63, 3.8) is 0 Å². The number of nitrogens with zero attached hydrogens (tertiary/aromatic N) is 2. The van der Waals surface area contributed by atoms with Crippen LogP contribution in [-0.2, 0) is 20.9 Å². The van der Waals surface area contributed by atoms with Gasteiger partial charge in [-0.15, -0.1) is 0 Å². The molecule has 0 N–H and O–H groups in total. The van der Waals surface area contributed by atoms with Gasteiger partial charge in [0.25, 0.3) is 5.91 Å². The number of carbonyl (C=O) groups excluding carboxylic acids is 2. The molecular formula is C22H24N2O4S. The standard InChI is InChI=1S/C22H24N2O4S/c1-4-27-21(26)13-24-18-11-10-16(15(2)3)12-19(18)29-22(24)23-20(25)14-28-17-8-6-5-7-9-17/h5-12,15H,4,13-14H2,1-3H3. The maximum Gasteiger partial charge on any atom is 0.326 e. The highest BCUT2D eigenvalue weighted by molar-refractivity contribution is 7.16. The van der Waals surface area contributed by atoms with E-state index in [0.29, 0.717) is 23.1 Å². The van der Waals surface area contributed by atoms with E-state index in [0.717, 1.165) is 10.2 Å². The first-order chi connectivity index (χ1) is 14.0. The van der Waals surface area contributed by atoms with Gasteiger partial charge in [-0.2, -0.15) is 4.99 Å². The van der Waals surface area contributed by atoms with Crippen LogP contribution in [0.1, 0.15) is 32.3 Å². The molecule has 0 atom stereocenters. The fraction of sp³-hybridized carbons (Fsp3) is 0.318. The van der Waals surface area contributed by atoms with Crippen LogP contribution in [0, 0.1) is 0 Å². The van der Waals surface area contributed by atoms with Crippen LogP contribution >= 0.6 is 11.3 Å². The number of aromatic nitrogens is 1. The van der Waals surface area contributed by atoms with Crippen LogP contribution in [0.4, 0.5) is 0 Å². The Kier molecular flexibility index (Phi) is 6.82. The number of ether oxygens (including phenoxy) is 2. The summed E-state index contributed by atoms with van der Waals surface area (Å²) in [6.45, 7) is 6.14. The van der Waals surface area contributed by atoms with E-state index in [9.17, 15) is 9.59 Å². The van der Waals surface area contributed by atoms with Crippen molar-refractivity contribution in [1.29, 1.82) is 0 Å². The molecule has 0 spiro atoms. The van der Waals surface area contributed by atoms with Gasteiger partial charge >= 0.3 is 5.97 Å². The summed E-state index contributed by atoms with van der Waals surface area (Å²) in [5.74, 6) is 0.200. The monoisotopic (exact) mass is 412 g/mol. The van der Waals surface area contributed by atoms with Crippen molar-refractivity contribution in [2.75, 3.05) is 13.2 Å². The maximum atomic E-state index is 12.4. The largest absolute Gasteiger partial charge is 0.484 e. The lowest BCUT2D eigenvalue weighted by Crippen LogP contribution is -2.24. The molecule has 0 aliphatic heterocycles. The number of amides is 1. The van der Waals surface area contributed by atoms with Gasteiger partial charge in [0.2, 0.25) is 0 Å². The number of hydrogen-bond donors (Lipinski definition) is 0. The van der Waals surface area contributed by atoms with Gasteiger partial charge < -0.3 is 14.0 Å². The lowest BCUT2D eigenvalue weighted by molar-refractivity contribution is -0.143. The van der Waals surface area contributed by atoms with Gasteiger partial charge in [0.1, 0.15) is 12.3 Å². The number of benzene rings is 2. The highest BCUT2D eigenvalue weighted by atomic mass is 32.1. The number of rotatable bonds is 7. The fourth-order valence-electron chi connectivity index (χ4n) is 2.82. The van der Waals surface area contributed by atoms with E-state index in [-0.39, 0.29) is 19.1 Å². The summed E-state index contributed by atoms with van der Waals surface area (Å²) in [6, 6.07) is 15.2. The Bertz CT molecular complexity index is 1070. The molecule has 0 saturated heterocycles. The van der Waals surface area contributed by atoms with Crippen molar-refractivity contribution < 1.29 is 19.1 Å². The molecule has 0 unspecified atom stereocenters. The van der Waals surface area contributed by atoms with Gasteiger partial charge in [-0.05, 0) is 42.7 Å².